The van der Waals surface area contributed by atoms with Gasteiger partial charge >= 0.3 is 0 Å². The quantitative estimate of drug-likeness (QED) is 0.223. The van der Waals surface area contributed by atoms with E-state index in [0.29, 0.717) is 0 Å². The molecule has 0 nitrogen and oxygen atoms in total. The van der Waals surface area contributed by atoms with Crippen LogP contribution >= 0.6 is 0 Å². The molecule has 0 saturated carbocycles. The van der Waals surface area contributed by atoms with Crippen molar-refractivity contribution in [2.24, 2.45) is 5.92 Å². The monoisotopic (exact) mass is 309 g/mol. The largest absolute Gasteiger partial charge is 0.0654 e. The van der Waals surface area contributed by atoms with Gasteiger partial charge < -0.3 is 0 Å². The third-order valence-corrected chi connectivity index (χ3v) is 4.89. The molecule has 0 spiro atoms. The fraction of sp³-hybridized carbons (Fsp3) is 0.955. The zero-order valence-electron chi connectivity index (χ0n) is 16.2. The summed E-state index contributed by atoms with van der Waals surface area (Å²) in [7, 11) is 0. The van der Waals surface area contributed by atoms with Gasteiger partial charge in [0.2, 0.25) is 0 Å². The Labute approximate surface area is 142 Å². The topological polar surface area (TPSA) is 0 Å². The Morgan fingerprint density at radius 2 is 0.955 bits per heavy atom. The van der Waals surface area contributed by atoms with Gasteiger partial charge in [-0.25, -0.2) is 0 Å². The lowest BCUT2D eigenvalue weighted by molar-refractivity contribution is 0.505. The summed E-state index contributed by atoms with van der Waals surface area (Å²) in [5.41, 5.74) is 0. The summed E-state index contributed by atoms with van der Waals surface area (Å²) >= 11 is 0. The van der Waals surface area contributed by atoms with E-state index < -0.39 is 0 Å². The first-order chi connectivity index (χ1) is 10.8. The van der Waals surface area contributed by atoms with Gasteiger partial charge in [0, 0.05) is 0 Å². The van der Waals surface area contributed by atoms with Gasteiger partial charge in [-0.3, -0.25) is 0 Å². The van der Waals surface area contributed by atoms with E-state index in [4.69, 9.17) is 0 Å². The number of hydrogen-bond acceptors (Lipinski definition) is 0. The van der Waals surface area contributed by atoms with Crippen LogP contribution in [0.5, 0.6) is 0 Å². The fourth-order valence-electron chi connectivity index (χ4n) is 3.22. The summed E-state index contributed by atoms with van der Waals surface area (Å²) in [5.74, 6) is 0.847. The predicted molar refractivity (Wildman–Crippen MR) is 103 cm³/mol. The van der Waals surface area contributed by atoms with Crippen molar-refractivity contribution < 1.29 is 0 Å². The standard InChI is InChI=1S/C22H45/c1-4-6-8-10-11-12-13-14-15-17-19-21-22(3)20-18-16-9-7-5-2/h21-22H,4-20H2,1-3H3. The normalized spacial score (nSPS) is 12.7. The van der Waals surface area contributed by atoms with Crippen molar-refractivity contribution in [3.05, 3.63) is 6.42 Å². The highest BCUT2D eigenvalue weighted by Gasteiger charge is 2.02. The number of hydrogen-bond donors (Lipinski definition) is 0. The van der Waals surface area contributed by atoms with Crippen molar-refractivity contribution in [2.75, 3.05) is 0 Å². The van der Waals surface area contributed by atoms with Gasteiger partial charge in [-0.1, -0.05) is 124 Å². The molecule has 0 aliphatic rings. The van der Waals surface area contributed by atoms with Crippen LogP contribution in [0.25, 0.3) is 0 Å². The van der Waals surface area contributed by atoms with Crippen LogP contribution in [0, 0.1) is 12.3 Å². The van der Waals surface area contributed by atoms with Crippen molar-refractivity contribution in [3.63, 3.8) is 0 Å². The summed E-state index contributed by atoms with van der Waals surface area (Å²) in [5, 5.41) is 0. The highest BCUT2D eigenvalue weighted by atomic mass is 14.1. The maximum absolute atomic E-state index is 2.59. The lowest BCUT2D eigenvalue weighted by atomic mass is 9.96. The number of unbranched alkanes of at least 4 members (excludes halogenated alkanes) is 14. The summed E-state index contributed by atoms with van der Waals surface area (Å²) in [6.45, 7) is 7.00. The fourth-order valence-corrected chi connectivity index (χ4v) is 3.22. The molecule has 1 atom stereocenters. The Morgan fingerprint density at radius 3 is 1.45 bits per heavy atom. The Morgan fingerprint density at radius 1 is 0.545 bits per heavy atom. The molecular weight excluding hydrogens is 264 g/mol. The molecule has 1 unspecified atom stereocenters. The van der Waals surface area contributed by atoms with Crippen LogP contribution in [0.4, 0.5) is 0 Å². The first-order valence-corrected chi connectivity index (χ1v) is 10.6. The molecule has 0 fully saturated rings. The zero-order chi connectivity index (χ0) is 16.3. The average molecular weight is 310 g/mol. The summed E-state index contributed by atoms with van der Waals surface area (Å²) < 4.78 is 0. The zero-order valence-corrected chi connectivity index (χ0v) is 16.2. The minimum atomic E-state index is 0.847. The minimum absolute atomic E-state index is 0.847. The second-order valence-electron chi connectivity index (χ2n) is 7.39. The van der Waals surface area contributed by atoms with E-state index in [1.165, 1.54) is 109 Å². The average Bonchev–Trinajstić information content (AvgIpc) is 2.52. The molecule has 0 bridgehead atoms. The van der Waals surface area contributed by atoms with E-state index in [1.54, 1.807) is 0 Å². The Kier molecular flexibility index (Phi) is 19.0. The number of rotatable bonds is 18. The molecule has 0 aromatic heterocycles. The summed E-state index contributed by atoms with van der Waals surface area (Å²) in [4.78, 5) is 0. The van der Waals surface area contributed by atoms with Crippen molar-refractivity contribution in [3.8, 4) is 0 Å². The molecular formula is C22H45. The van der Waals surface area contributed by atoms with E-state index >= 15 is 0 Å². The molecule has 0 heteroatoms. The Balaban J connectivity index is 3.09. The van der Waals surface area contributed by atoms with E-state index in [0.717, 1.165) is 5.92 Å². The molecule has 0 aromatic rings. The third kappa shape index (κ3) is 18.1. The molecule has 0 amide bonds. The maximum Gasteiger partial charge on any atom is -0.0358 e. The van der Waals surface area contributed by atoms with Crippen LogP contribution in [-0.2, 0) is 0 Å². The summed E-state index contributed by atoms with van der Waals surface area (Å²) in [6, 6.07) is 0. The van der Waals surface area contributed by atoms with Crippen LogP contribution in [0.3, 0.4) is 0 Å². The van der Waals surface area contributed by atoms with E-state index in [2.05, 4.69) is 27.2 Å². The molecule has 0 rings (SSSR count). The van der Waals surface area contributed by atoms with Crippen LogP contribution in [0.1, 0.15) is 130 Å². The molecule has 0 heterocycles. The van der Waals surface area contributed by atoms with Gasteiger partial charge in [0.1, 0.15) is 0 Å². The highest BCUT2D eigenvalue weighted by molar-refractivity contribution is 4.72. The molecule has 1 radical (unpaired) electrons. The predicted octanol–water partition coefficient (Wildman–Crippen LogP) is 8.50. The molecule has 0 saturated heterocycles. The van der Waals surface area contributed by atoms with Crippen molar-refractivity contribution in [1.82, 2.24) is 0 Å². The van der Waals surface area contributed by atoms with Crippen molar-refractivity contribution in [1.29, 1.82) is 0 Å². The molecule has 22 heavy (non-hydrogen) atoms. The van der Waals surface area contributed by atoms with Crippen LogP contribution < -0.4 is 0 Å². The van der Waals surface area contributed by atoms with E-state index in [1.807, 2.05) is 0 Å². The Hall–Kier alpha value is 0. The summed E-state index contributed by atoms with van der Waals surface area (Å²) in [6.07, 6.45) is 27.0. The van der Waals surface area contributed by atoms with Gasteiger partial charge in [-0.05, 0) is 18.8 Å². The second-order valence-corrected chi connectivity index (χ2v) is 7.39. The van der Waals surface area contributed by atoms with E-state index in [-0.39, 0.29) is 0 Å². The highest BCUT2D eigenvalue weighted by Crippen LogP contribution is 2.17. The molecule has 0 aliphatic carbocycles. The van der Waals surface area contributed by atoms with Gasteiger partial charge in [0.15, 0.2) is 0 Å². The molecule has 0 aliphatic heterocycles. The van der Waals surface area contributed by atoms with Gasteiger partial charge in [0.25, 0.3) is 0 Å². The lowest BCUT2D eigenvalue weighted by Crippen LogP contribution is -1.96. The van der Waals surface area contributed by atoms with Gasteiger partial charge in [-0.2, -0.15) is 0 Å². The lowest BCUT2D eigenvalue weighted by Gasteiger charge is -2.10. The second kappa shape index (κ2) is 19.0. The van der Waals surface area contributed by atoms with Crippen LogP contribution in [-0.4, -0.2) is 0 Å². The molecule has 133 valence electrons. The van der Waals surface area contributed by atoms with Gasteiger partial charge in [-0.15, -0.1) is 0 Å². The first-order valence-electron chi connectivity index (χ1n) is 10.6. The molecule has 0 aromatic carbocycles. The van der Waals surface area contributed by atoms with Crippen molar-refractivity contribution >= 4 is 0 Å². The van der Waals surface area contributed by atoms with Gasteiger partial charge in [0.05, 0.1) is 0 Å². The molecule has 0 N–H and O–H groups in total. The first kappa shape index (κ1) is 22.0. The third-order valence-electron chi connectivity index (χ3n) is 4.89. The smallest absolute Gasteiger partial charge is 0.0358 e. The van der Waals surface area contributed by atoms with E-state index in [9.17, 15) is 0 Å². The van der Waals surface area contributed by atoms with Crippen molar-refractivity contribution in [2.45, 2.75) is 130 Å². The Bertz CT molecular complexity index is 184. The SMILES string of the molecule is CCCCCCCCCCCC[CH]C(C)CCCCCCC. The van der Waals surface area contributed by atoms with Crippen LogP contribution in [0.2, 0.25) is 0 Å². The van der Waals surface area contributed by atoms with Crippen LogP contribution in [0.15, 0.2) is 0 Å². The maximum atomic E-state index is 2.59. The minimum Gasteiger partial charge on any atom is -0.0654 e.